The molecule has 0 amide bonds. The van der Waals surface area contributed by atoms with Crippen molar-refractivity contribution in [3.8, 4) is 0 Å². The van der Waals surface area contributed by atoms with E-state index in [0.29, 0.717) is 25.3 Å². The first-order chi connectivity index (χ1) is 10.8. The molecule has 0 spiro atoms. The molecule has 4 nitrogen and oxygen atoms in total. The number of aliphatic hydroxyl groups is 1. The quantitative estimate of drug-likeness (QED) is 0.671. The fraction of sp³-hybridized carbons (Fsp3) is 0.667. The van der Waals surface area contributed by atoms with Gasteiger partial charge in [-0.3, -0.25) is 4.90 Å². The first-order valence-corrected chi connectivity index (χ1v) is 8.08. The fourth-order valence-corrected chi connectivity index (χ4v) is 2.23. The number of methoxy groups -OCH3 is 1. The molecule has 23 heavy (non-hydrogen) atoms. The van der Waals surface area contributed by atoms with E-state index in [0.717, 1.165) is 13.0 Å². The molecule has 0 saturated heterocycles. The van der Waals surface area contributed by atoms with Crippen LogP contribution in [-0.2, 0) is 16.0 Å². The van der Waals surface area contributed by atoms with Crippen LogP contribution in [0.25, 0.3) is 0 Å². The Morgan fingerprint density at radius 3 is 2.57 bits per heavy atom. The van der Waals surface area contributed by atoms with Gasteiger partial charge in [0.1, 0.15) is 5.82 Å². The Labute approximate surface area is 139 Å². The van der Waals surface area contributed by atoms with Crippen molar-refractivity contribution in [2.75, 3.05) is 33.4 Å². The molecule has 0 fully saturated rings. The summed E-state index contributed by atoms with van der Waals surface area (Å²) < 4.78 is 24.5. The van der Waals surface area contributed by atoms with E-state index in [-0.39, 0.29) is 18.0 Å². The zero-order chi connectivity index (χ0) is 17.3. The van der Waals surface area contributed by atoms with Crippen LogP contribution in [0.15, 0.2) is 24.3 Å². The summed E-state index contributed by atoms with van der Waals surface area (Å²) in [5, 5.41) is 10.2. The third kappa shape index (κ3) is 9.01. The Morgan fingerprint density at radius 2 is 1.96 bits per heavy atom. The molecule has 5 heteroatoms. The van der Waals surface area contributed by atoms with Gasteiger partial charge in [0.2, 0.25) is 0 Å². The van der Waals surface area contributed by atoms with Crippen molar-refractivity contribution >= 4 is 0 Å². The number of hydrogen-bond donors (Lipinski definition) is 1. The first kappa shape index (κ1) is 20.0. The third-order valence-electron chi connectivity index (χ3n) is 3.35. The smallest absolute Gasteiger partial charge is 0.127 e. The van der Waals surface area contributed by atoms with E-state index in [9.17, 15) is 9.50 Å². The largest absolute Gasteiger partial charge is 0.389 e. The standard InChI is InChI=1S/C18H30FNO3/c1-18(2,3)23-14-16(21)13-20(10-7-11-22-4)12-15-8-5-6-9-17(15)19/h5-6,8-9,16,21H,7,10-14H2,1-4H3. The van der Waals surface area contributed by atoms with Crippen molar-refractivity contribution in [1.82, 2.24) is 4.90 Å². The van der Waals surface area contributed by atoms with E-state index >= 15 is 0 Å². The van der Waals surface area contributed by atoms with Gasteiger partial charge in [-0.2, -0.15) is 0 Å². The van der Waals surface area contributed by atoms with Crippen LogP contribution in [0.3, 0.4) is 0 Å². The minimum absolute atomic E-state index is 0.218. The molecular weight excluding hydrogens is 297 g/mol. The fourth-order valence-electron chi connectivity index (χ4n) is 2.23. The lowest BCUT2D eigenvalue weighted by molar-refractivity contribution is -0.0570. The highest BCUT2D eigenvalue weighted by molar-refractivity contribution is 5.17. The summed E-state index contributed by atoms with van der Waals surface area (Å²) in [6, 6.07) is 6.74. The van der Waals surface area contributed by atoms with Gasteiger partial charge in [-0.1, -0.05) is 18.2 Å². The lowest BCUT2D eigenvalue weighted by atomic mass is 10.1. The summed E-state index contributed by atoms with van der Waals surface area (Å²) in [5.41, 5.74) is 0.349. The average molecular weight is 327 g/mol. The Balaban J connectivity index is 2.59. The van der Waals surface area contributed by atoms with Crippen molar-refractivity contribution < 1.29 is 19.0 Å². The Bertz CT molecular complexity index is 448. The average Bonchev–Trinajstić information content (AvgIpc) is 2.47. The molecule has 132 valence electrons. The Kier molecular flexibility index (Phi) is 8.69. The summed E-state index contributed by atoms with van der Waals surface area (Å²) in [6.45, 7) is 8.40. The maximum atomic E-state index is 13.8. The van der Waals surface area contributed by atoms with E-state index in [1.807, 2.05) is 31.7 Å². The van der Waals surface area contributed by atoms with Gasteiger partial charge >= 0.3 is 0 Å². The minimum Gasteiger partial charge on any atom is -0.389 e. The maximum absolute atomic E-state index is 13.8. The number of benzene rings is 1. The van der Waals surface area contributed by atoms with E-state index in [4.69, 9.17) is 9.47 Å². The monoisotopic (exact) mass is 327 g/mol. The van der Waals surface area contributed by atoms with Crippen LogP contribution in [-0.4, -0.2) is 55.1 Å². The summed E-state index contributed by atoms with van der Waals surface area (Å²) in [7, 11) is 1.66. The van der Waals surface area contributed by atoms with Crippen molar-refractivity contribution in [3.63, 3.8) is 0 Å². The van der Waals surface area contributed by atoms with Gasteiger partial charge < -0.3 is 14.6 Å². The molecule has 0 aromatic heterocycles. The summed E-state index contributed by atoms with van der Waals surface area (Å²) in [6.07, 6.45) is 0.223. The van der Waals surface area contributed by atoms with Crippen LogP contribution in [0.2, 0.25) is 0 Å². The summed E-state index contributed by atoms with van der Waals surface area (Å²) in [5.74, 6) is -0.218. The topological polar surface area (TPSA) is 41.9 Å². The molecular formula is C18H30FNO3. The highest BCUT2D eigenvalue weighted by Crippen LogP contribution is 2.12. The van der Waals surface area contributed by atoms with Crippen molar-refractivity contribution in [1.29, 1.82) is 0 Å². The van der Waals surface area contributed by atoms with E-state index in [2.05, 4.69) is 0 Å². The predicted molar refractivity (Wildman–Crippen MR) is 89.9 cm³/mol. The first-order valence-electron chi connectivity index (χ1n) is 8.08. The molecule has 1 N–H and O–H groups in total. The molecule has 1 rings (SSSR count). The second kappa shape index (κ2) is 9.98. The summed E-state index contributed by atoms with van der Waals surface area (Å²) >= 11 is 0. The molecule has 0 heterocycles. The SMILES string of the molecule is COCCCN(Cc1ccccc1F)CC(O)COC(C)(C)C. The predicted octanol–water partition coefficient (Wildman–Crippen LogP) is 2.84. The zero-order valence-corrected chi connectivity index (χ0v) is 14.7. The maximum Gasteiger partial charge on any atom is 0.127 e. The molecule has 0 bridgehead atoms. The Hall–Kier alpha value is -1.01. The van der Waals surface area contributed by atoms with Gasteiger partial charge in [0, 0.05) is 38.9 Å². The second-order valence-corrected chi connectivity index (χ2v) is 6.75. The minimum atomic E-state index is -0.608. The van der Waals surface area contributed by atoms with Crippen LogP contribution in [0.1, 0.15) is 32.8 Å². The molecule has 0 aliphatic carbocycles. The van der Waals surface area contributed by atoms with Crippen LogP contribution >= 0.6 is 0 Å². The Morgan fingerprint density at radius 1 is 1.26 bits per heavy atom. The van der Waals surface area contributed by atoms with Gasteiger partial charge in [0.25, 0.3) is 0 Å². The van der Waals surface area contributed by atoms with Gasteiger partial charge in [0.15, 0.2) is 0 Å². The lowest BCUT2D eigenvalue weighted by Crippen LogP contribution is -2.37. The molecule has 0 radical (unpaired) electrons. The molecule has 0 aliphatic rings. The van der Waals surface area contributed by atoms with Crippen molar-refractivity contribution in [2.24, 2.45) is 0 Å². The van der Waals surface area contributed by atoms with Crippen molar-refractivity contribution in [3.05, 3.63) is 35.6 Å². The van der Waals surface area contributed by atoms with Crippen LogP contribution in [0.5, 0.6) is 0 Å². The molecule has 0 saturated carbocycles. The molecule has 1 unspecified atom stereocenters. The van der Waals surface area contributed by atoms with Crippen LogP contribution < -0.4 is 0 Å². The number of nitrogens with zero attached hydrogens (tertiary/aromatic N) is 1. The molecule has 1 aromatic rings. The van der Waals surface area contributed by atoms with Crippen LogP contribution in [0.4, 0.5) is 4.39 Å². The van der Waals surface area contributed by atoms with E-state index in [1.165, 1.54) is 6.07 Å². The highest BCUT2D eigenvalue weighted by Gasteiger charge is 2.17. The molecule has 0 aliphatic heterocycles. The molecule has 1 atom stereocenters. The lowest BCUT2D eigenvalue weighted by Gasteiger charge is -2.27. The molecule has 1 aromatic carbocycles. The van der Waals surface area contributed by atoms with Gasteiger partial charge in [-0.15, -0.1) is 0 Å². The number of hydrogen-bond acceptors (Lipinski definition) is 4. The zero-order valence-electron chi connectivity index (χ0n) is 14.7. The summed E-state index contributed by atoms with van der Waals surface area (Å²) in [4.78, 5) is 2.04. The normalized spacial score (nSPS) is 13.5. The number of aliphatic hydroxyl groups excluding tert-OH is 1. The van der Waals surface area contributed by atoms with Gasteiger partial charge in [-0.25, -0.2) is 4.39 Å². The van der Waals surface area contributed by atoms with Crippen molar-refractivity contribution in [2.45, 2.75) is 45.4 Å². The third-order valence-corrected chi connectivity index (χ3v) is 3.35. The number of ether oxygens (including phenoxy) is 2. The number of rotatable bonds is 10. The second-order valence-electron chi connectivity index (χ2n) is 6.75. The van der Waals surface area contributed by atoms with E-state index in [1.54, 1.807) is 19.2 Å². The van der Waals surface area contributed by atoms with Gasteiger partial charge in [-0.05, 0) is 33.3 Å². The highest BCUT2D eigenvalue weighted by atomic mass is 19.1. The van der Waals surface area contributed by atoms with Gasteiger partial charge in [0.05, 0.1) is 18.3 Å². The number of halogens is 1. The van der Waals surface area contributed by atoms with E-state index < -0.39 is 6.10 Å². The van der Waals surface area contributed by atoms with Crippen LogP contribution in [0, 0.1) is 5.82 Å².